The van der Waals surface area contributed by atoms with E-state index < -0.39 is 11.8 Å². The first-order valence-electron chi connectivity index (χ1n) is 3.98. The third-order valence-electron chi connectivity index (χ3n) is 1.68. The van der Waals surface area contributed by atoms with Gasteiger partial charge in [-0.25, -0.2) is 14.2 Å². The van der Waals surface area contributed by atoms with Crippen molar-refractivity contribution < 1.29 is 14.0 Å². The number of para-hydroxylation sites is 1. The topological polar surface area (TPSA) is 41.6 Å². The Kier molecular flexibility index (Phi) is 3.41. The van der Waals surface area contributed by atoms with Gasteiger partial charge in [-0.15, -0.1) is 0 Å². The van der Waals surface area contributed by atoms with Gasteiger partial charge in [-0.3, -0.25) is 4.84 Å². The summed E-state index contributed by atoms with van der Waals surface area (Å²) in [5.74, 6) is -0.481. The molecule has 0 aliphatic carbocycles. The van der Waals surface area contributed by atoms with E-state index in [0.717, 1.165) is 5.06 Å². The first kappa shape index (κ1) is 10.5. The van der Waals surface area contributed by atoms with Crippen molar-refractivity contribution in [1.82, 2.24) is 5.06 Å². The van der Waals surface area contributed by atoms with E-state index >= 15 is 0 Å². The van der Waals surface area contributed by atoms with E-state index in [4.69, 9.17) is 0 Å². The van der Waals surface area contributed by atoms with Crippen molar-refractivity contribution in [3.05, 3.63) is 30.1 Å². The standard InChI is InChI=1S/C9H11FN2O2/c1-12(14-2)9(13)11-8-6-4-3-5-7(8)10/h3-6H,1-2H3,(H,11,13). The number of hydrogen-bond donors (Lipinski definition) is 1. The van der Waals surface area contributed by atoms with Crippen molar-refractivity contribution in [1.29, 1.82) is 0 Å². The summed E-state index contributed by atoms with van der Waals surface area (Å²) >= 11 is 0. The average molecular weight is 198 g/mol. The van der Waals surface area contributed by atoms with Gasteiger partial charge in [0.15, 0.2) is 0 Å². The van der Waals surface area contributed by atoms with Gasteiger partial charge >= 0.3 is 6.03 Å². The van der Waals surface area contributed by atoms with Gasteiger partial charge < -0.3 is 5.32 Å². The van der Waals surface area contributed by atoms with Crippen LogP contribution in [0.5, 0.6) is 0 Å². The van der Waals surface area contributed by atoms with Gasteiger partial charge in [0.25, 0.3) is 0 Å². The monoisotopic (exact) mass is 198 g/mol. The fraction of sp³-hybridized carbons (Fsp3) is 0.222. The van der Waals surface area contributed by atoms with Crippen LogP contribution in [-0.2, 0) is 4.84 Å². The molecule has 1 N–H and O–H groups in total. The minimum atomic E-state index is -0.530. The van der Waals surface area contributed by atoms with E-state index in [9.17, 15) is 9.18 Å². The van der Waals surface area contributed by atoms with Gasteiger partial charge in [-0.2, -0.15) is 0 Å². The SMILES string of the molecule is CON(C)C(=O)Nc1ccccc1F. The van der Waals surface area contributed by atoms with Crippen LogP contribution in [0.25, 0.3) is 0 Å². The van der Waals surface area contributed by atoms with Crippen LogP contribution >= 0.6 is 0 Å². The molecule has 0 saturated heterocycles. The molecule has 4 nitrogen and oxygen atoms in total. The average Bonchev–Trinajstić information content (AvgIpc) is 2.20. The maximum absolute atomic E-state index is 13.0. The molecule has 0 saturated carbocycles. The minimum Gasteiger partial charge on any atom is -0.303 e. The first-order chi connectivity index (χ1) is 6.65. The van der Waals surface area contributed by atoms with Crippen LogP contribution < -0.4 is 5.32 Å². The predicted molar refractivity (Wildman–Crippen MR) is 50.2 cm³/mol. The van der Waals surface area contributed by atoms with Crippen molar-refractivity contribution in [3.8, 4) is 0 Å². The van der Waals surface area contributed by atoms with Gasteiger partial charge in [0.1, 0.15) is 5.82 Å². The normalized spacial score (nSPS) is 9.64. The van der Waals surface area contributed by atoms with E-state index in [1.807, 2.05) is 0 Å². The molecule has 0 unspecified atom stereocenters. The highest BCUT2D eigenvalue weighted by Crippen LogP contribution is 2.12. The summed E-state index contributed by atoms with van der Waals surface area (Å²) in [5.41, 5.74) is 0.126. The number of carbonyl (C=O) groups excluding carboxylic acids is 1. The second-order valence-corrected chi connectivity index (χ2v) is 2.59. The number of urea groups is 1. The van der Waals surface area contributed by atoms with E-state index in [-0.39, 0.29) is 5.69 Å². The second kappa shape index (κ2) is 4.57. The minimum absolute atomic E-state index is 0.126. The van der Waals surface area contributed by atoms with Crippen LogP contribution in [-0.4, -0.2) is 25.3 Å². The molecule has 0 aliphatic heterocycles. The molecule has 0 bridgehead atoms. The summed E-state index contributed by atoms with van der Waals surface area (Å²) in [6, 6.07) is 5.38. The molecule has 14 heavy (non-hydrogen) atoms. The molecule has 0 aliphatic rings. The highest BCUT2D eigenvalue weighted by Gasteiger charge is 2.09. The molecule has 1 rings (SSSR count). The lowest BCUT2D eigenvalue weighted by atomic mass is 10.3. The third kappa shape index (κ3) is 2.43. The van der Waals surface area contributed by atoms with Crippen molar-refractivity contribution >= 4 is 11.7 Å². The molecule has 0 radical (unpaired) electrons. The highest BCUT2D eigenvalue weighted by molar-refractivity contribution is 5.88. The number of carbonyl (C=O) groups is 1. The zero-order valence-corrected chi connectivity index (χ0v) is 7.95. The number of benzene rings is 1. The Morgan fingerprint density at radius 3 is 2.71 bits per heavy atom. The van der Waals surface area contributed by atoms with E-state index in [0.29, 0.717) is 0 Å². The van der Waals surface area contributed by atoms with Gasteiger partial charge in [0.2, 0.25) is 0 Å². The zero-order chi connectivity index (χ0) is 10.6. The maximum Gasteiger partial charge on any atom is 0.345 e. The van der Waals surface area contributed by atoms with Crippen molar-refractivity contribution in [2.45, 2.75) is 0 Å². The molecule has 76 valence electrons. The molecule has 0 spiro atoms. The lowest BCUT2D eigenvalue weighted by Crippen LogP contribution is -2.30. The summed E-state index contributed by atoms with van der Waals surface area (Å²) in [6.45, 7) is 0. The lowest BCUT2D eigenvalue weighted by molar-refractivity contribution is -0.0598. The summed E-state index contributed by atoms with van der Waals surface area (Å²) in [5, 5.41) is 3.31. The number of rotatable bonds is 2. The molecule has 0 aromatic heterocycles. The Morgan fingerprint density at radius 2 is 2.14 bits per heavy atom. The van der Waals surface area contributed by atoms with Crippen molar-refractivity contribution in [3.63, 3.8) is 0 Å². The Hall–Kier alpha value is -1.62. The van der Waals surface area contributed by atoms with Crippen molar-refractivity contribution in [2.24, 2.45) is 0 Å². The number of hydrogen-bond acceptors (Lipinski definition) is 2. The van der Waals surface area contributed by atoms with Crippen LogP contribution in [0.2, 0.25) is 0 Å². The first-order valence-corrected chi connectivity index (χ1v) is 3.98. The van der Waals surface area contributed by atoms with Crippen LogP contribution in [0, 0.1) is 5.82 Å². The Morgan fingerprint density at radius 1 is 1.50 bits per heavy atom. The quantitative estimate of drug-likeness (QED) is 0.737. The molecule has 2 amide bonds. The number of nitrogens with one attached hydrogen (secondary N) is 1. The third-order valence-corrected chi connectivity index (χ3v) is 1.68. The number of halogens is 1. The van der Waals surface area contributed by atoms with Gasteiger partial charge in [-0.05, 0) is 12.1 Å². The Labute approximate surface area is 81.2 Å². The van der Waals surface area contributed by atoms with Crippen LogP contribution in [0.4, 0.5) is 14.9 Å². The molecule has 1 aromatic rings. The summed E-state index contributed by atoms with van der Waals surface area (Å²) in [6.07, 6.45) is 0. The lowest BCUT2D eigenvalue weighted by Gasteiger charge is -2.14. The smallest absolute Gasteiger partial charge is 0.303 e. The van der Waals surface area contributed by atoms with Crippen LogP contribution in [0.1, 0.15) is 0 Å². The van der Waals surface area contributed by atoms with Crippen LogP contribution in [0.3, 0.4) is 0 Å². The molecule has 5 heteroatoms. The second-order valence-electron chi connectivity index (χ2n) is 2.59. The van der Waals surface area contributed by atoms with Gasteiger partial charge in [0, 0.05) is 7.05 Å². The maximum atomic E-state index is 13.0. The molecular formula is C9H11FN2O2. The number of nitrogens with zero attached hydrogens (tertiary/aromatic N) is 1. The zero-order valence-electron chi connectivity index (χ0n) is 7.95. The van der Waals surface area contributed by atoms with E-state index in [1.54, 1.807) is 12.1 Å². The fourth-order valence-corrected chi connectivity index (χ4v) is 0.839. The highest BCUT2D eigenvalue weighted by atomic mass is 19.1. The number of amides is 2. The number of anilines is 1. The summed E-state index contributed by atoms with van der Waals surface area (Å²) in [4.78, 5) is 15.8. The molecule has 1 aromatic carbocycles. The molecule has 0 atom stereocenters. The molecular weight excluding hydrogens is 187 g/mol. The van der Waals surface area contributed by atoms with E-state index in [1.165, 1.54) is 26.3 Å². The summed E-state index contributed by atoms with van der Waals surface area (Å²) in [7, 11) is 2.77. The largest absolute Gasteiger partial charge is 0.345 e. The Balaban J connectivity index is 2.70. The molecule has 0 heterocycles. The molecule has 0 fully saturated rings. The van der Waals surface area contributed by atoms with Crippen LogP contribution in [0.15, 0.2) is 24.3 Å². The fourth-order valence-electron chi connectivity index (χ4n) is 0.839. The Bertz CT molecular complexity index is 330. The van der Waals surface area contributed by atoms with E-state index in [2.05, 4.69) is 10.2 Å². The van der Waals surface area contributed by atoms with Gasteiger partial charge in [-0.1, -0.05) is 12.1 Å². The van der Waals surface area contributed by atoms with Crippen molar-refractivity contribution in [2.75, 3.05) is 19.5 Å². The van der Waals surface area contributed by atoms with Gasteiger partial charge in [0.05, 0.1) is 12.8 Å². The summed E-state index contributed by atoms with van der Waals surface area (Å²) < 4.78 is 13.0. The number of hydroxylamine groups is 2. The predicted octanol–water partition coefficient (Wildman–Crippen LogP) is 1.85.